The number of carbonyl (C=O) groups is 1. The van der Waals surface area contributed by atoms with Gasteiger partial charge in [0.15, 0.2) is 5.65 Å². The van der Waals surface area contributed by atoms with Crippen LogP contribution < -0.4 is 4.74 Å². The molecule has 1 aliphatic carbocycles. The quantitative estimate of drug-likeness (QED) is 0.790. The summed E-state index contributed by atoms with van der Waals surface area (Å²) in [6.07, 6.45) is 3.90. The van der Waals surface area contributed by atoms with E-state index in [1.807, 2.05) is 14.0 Å². The summed E-state index contributed by atoms with van der Waals surface area (Å²) in [5.41, 5.74) is 1.89. The zero-order chi connectivity index (χ0) is 15.0. The van der Waals surface area contributed by atoms with Crippen molar-refractivity contribution in [3.05, 3.63) is 17.5 Å². The molecule has 1 aliphatic rings. The Balaban J connectivity index is 2.09. The van der Waals surface area contributed by atoms with Crippen molar-refractivity contribution in [2.75, 3.05) is 13.2 Å². The monoisotopic (exact) mass is 289 g/mol. The second kappa shape index (κ2) is 5.35. The fourth-order valence-corrected chi connectivity index (χ4v) is 2.37. The second-order valence-corrected chi connectivity index (χ2v) is 5.38. The highest BCUT2D eigenvalue weighted by Gasteiger charge is 2.26. The van der Waals surface area contributed by atoms with Gasteiger partial charge in [-0.2, -0.15) is 5.10 Å². The van der Waals surface area contributed by atoms with Gasteiger partial charge in [0.2, 0.25) is 0 Å². The molecule has 1 fully saturated rings. The van der Waals surface area contributed by atoms with E-state index < -0.39 is 5.97 Å². The maximum Gasteiger partial charge on any atom is 0.343 e. The zero-order valence-electron chi connectivity index (χ0n) is 12.5. The van der Waals surface area contributed by atoms with E-state index in [1.54, 1.807) is 11.6 Å². The number of aromatic nitrogens is 3. The van der Waals surface area contributed by atoms with E-state index in [0.717, 1.165) is 11.1 Å². The average molecular weight is 289 g/mol. The predicted octanol–water partition coefficient (Wildman–Crippen LogP) is 2.24. The Hall–Kier alpha value is -2.11. The van der Waals surface area contributed by atoms with E-state index in [2.05, 4.69) is 10.1 Å². The van der Waals surface area contributed by atoms with Gasteiger partial charge in [-0.15, -0.1) is 0 Å². The molecule has 2 aromatic rings. The molecule has 112 valence electrons. The van der Waals surface area contributed by atoms with Crippen LogP contribution >= 0.6 is 0 Å². The number of ether oxygens (including phenoxy) is 2. The van der Waals surface area contributed by atoms with E-state index in [9.17, 15) is 4.79 Å². The SMILES string of the molecule is CCOC(=O)c1cnc2c(c(C)nn2C)c1OCC1CC1. The van der Waals surface area contributed by atoms with E-state index in [0.29, 0.717) is 36.1 Å². The van der Waals surface area contributed by atoms with Crippen LogP contribution in [0.1, 0.15) is 35.8 Å². The van der Waals surface area contributed by atoms with Gasteiger partial charge in [-0.1, -0.05) is 0 Å². The Morgan fingerprint density at radius 2 is 2.24 bits per heavy atom. The van der Waals surface area contributed by atoms with Crippen molar-refractivity contribution in [1.82, 2.24) is 14.8 Å². The molecule has 0 aliphatic heterocycles. The van der Waals surface area contributed by atoms with Gasteiger partial charge >= 0.3 is 5.97 Å². The van der Waals surface area contributed by atoms with E-state index >= 15 is 0 Å². The molecule has 0 N–H and O–H groups in total. The molecule has 0 spiro atoms. The average Bonchev–Trinajstić information content (AvgIpc) is 3.23. The Bertz CT molecular complexity index is 689. The van der Waals surface area contributed by atoms with Crippen LogP contribution in [0.25, 0.3) is 11.0 Å². The number of pyridine rings is 1. The summed E-state index contributed by atoms with van der Waals surface area (Å²) in [4.78, 5) is 16.4. The Morgan fingerprint density at radius 1 is 1.48 bits per heavy atom. The minimum absolute atomic E-state index is 0.324. The molecule has 2 aromatic heterocycles. The van der Waals surface area contributed by atoms with Gasteiger partial charge in [0.05, 0.1) is 24.3 Å². The number of fused-ring (bicyclic) bond motifs is 1. The standard InChI is InChI=1S/C15H19N3O3/c1-4-20-15(19)11-7-16-14-12(9(2)17-18(14)3)13(11)21-8-10-5-6-10/h7,10H,4-6,8H2,1-3H3. The van der Waals surface area contributed by atoms with Crippen LogP contribution in [-0.2, 0) is 11.8 Å². The predicted molar refractivity (Wildman–Crippen MR) is 77.4 cm³/mol. The third-order valence-electron chi connectivity index (χ3n) is 3.64. The van der Waals surface area contributed by atoms with Crippen molar-refractivity contribution in [2.45, 2.75) is 26.7 Å². The van der Waals surface area contributed by atoms with Gasteiger partial charge in [-0.3, -0.25) is 4.68 Å². The number of hydrogen-bond acceptors (Lipinski definition) is 5. The Morgan fingerprint density at radius 3 is 2.90 bits per heavy atom. The van der Waals surface area contributed by atoms with Crippen molar-refractivity contribution in [1.29, 1.82) is 0 Å². The number of hydrogen-bond donors (Lipinski definition) is 0. The fourth-order valence-electron chi connectivity index (χ4n) is 2.37. The molecular weight excluding hydrogens is 270 g/mol. The minimum Gasteiger partial charge on any atom is -0.491 e. The first-order valence-electron chi connectivity index (χ1n) is 7.24. The van der Waals surface area contributed by atoms with Crippen LogP contribution in [0.3, 0.4) is 0 Å². The molecule has 6 nitrogen and oxygen atoms in total. The van der Waals surface area contributed by atoms with Crippen LogP contribution in [0, 0.1) is 12.8 Å². The lowest BCUT2D eigenvalue weighted by Gasteiger charge is -2.12. The van der Waals surface area contributed by atoms with Crippen LogP contribution in [0.5, 0.6) is 5.75 Å². The molecule has 0 aromatic carbocycles. The number of carbonyl (C=O) groups excluding carboxylic acids is 1. The molecular formula is C15H19N3O3. The molecule has 0 bridgehead atoms. The van der Waals surface area contributed by atoms with Crippen molar-refractivity contribution in [3.8, 4) is 5.75 Å². The maximum absolute atomic E-state index is 12.1. The second-order valence-electron chi connectivity index (χ2n) is 5.38. The van der Waals surface area contributed by atoms with Crippen LogP contribution in [0.2, 0.25) is 0 Å². The van der Waals surface area contributed by atoms with Crippen LogP contribution in [-0.4, -0.2) is 33.9 Å². The molecule has 0 radical (unpaired) electrons. The zero-order valence-corrected chi connectivity index (χ0v) is 12.5. The van der Waals surface area contributed by atoms with Crippen LogP contribution in [0.4, 0.5) is 0 Å². The van der Waals surface area contributed by atoms with Crippen molar-refractivity contribution < 1.29 is 14.3 Å². The lowest BCUT2D eigenvalue weighted by atomic mass is 10.1. The topological polar surface area (TPSA) is 66.2 Å². The number of nitrogens with zero attached hydrogens (tertiary/aromatic N) is 3. The van der Waals surface area contributed by atoms with Gasteiger partial charge in [0.1, 0.15) is 11.3 Å². The third kappa shape index (κ3) is 2.57. The van der Waals surface area contributed by atoms with Crippen molar-refractivity contribution >= 4 is 17.0 Å². The number of aryl methyl sites for hydroxylation is 2. The molecule has 2 heterocycles. The first-order valence-corrected chi connectivity index (χ1v) is 7.24. The maximum atomic E-state index is 12.1. The molecule has 0 unspecified atom stereocenters. The van der Waals surface area contributed by atoms with Crippen molar-refractivity contribution in [2.24, 2.45) is 13.0 Å². The molecule has 0 atom stereocenters. The minimum atomic E-state index is -0.402. The molecule has 0 amide bonds. The molecule has 6 heteroatoms. The van der Waals surface area contributed by atoms with E-state index in [1.165, 1.54) is 19.0 Å². The summed E-state index contributed by atoms with van der Waals surface area (Å²) in [5, 5.41) is 5.16. The molecule has 3 rings (SSSR count). The highest BCUT2D eigenvalue weighted by Crippen LogP contribution is 2.34. The summed E-state index contributed by atoms with van der Waals surface area (Å²) in [6, 6.07) is 0. The Kier molecular flexibility index (Phi) is 3.53. The summed E-state index contributed by atoms with van der Waals surface area (Å²) < 4.78 is 12.7. The highest BCUT2D eigenvalue weighted by molar-refractivity contribution is 5.99. The van der Waals surface area contributed by atoms with Gasteiger partial charge < -0.3 is 9.47 Å². The summed E-state index contributed by atoms with van der Waals surface area (Å²) in [7, 11) is 1.83. The molecule has 0 saturated heterocycles. The lowest BCUT2D eigenvalue weighted by Crippen LogP contribution is -2.10. The van der Waals surface area contributed by atoms with E-state index in [4.69, 9.17) is 9.47 Å². The van der Waals surface area contributed by atoms with E-state index in [-0.39, 0.29) is 0 Å². The Labute approximate surface area is 123 Å². The first-order chi connectivity index (χ1) is 10.1. The number of esters is 1. The van der Waals surface area contributed by atoms with Gasteiger partial charge in [0, 0.05) is 13.2 Å². The highest BCUT2D eigenvalue weighted by atomic mass is 16.5. The van der Waals surface area contributed by atoms with Gasteiger partial charge in [-0.25, -0.2) is 9.78 Å². The smallest absolute Gasteiger partial charge is 0.343 e. The third-order valence-corrected chi connectivity index (χ3v) is 3.64. The molecule has 21 heavy (non-hydrogen) atoms. The normalized spacial score (nSPS) is 14.4. The summed E-state index contributed by atoms with van der Waals surface area (Å²) in [5.74, 6) is 0.747. The lowest BCUT2D eigenvalue weighted by molar-refractivity contribution is 0.0521. The first kappa shape index (κ1) is 13.9. The van der Waals surface area contributed by atoms with Crippen LogP contribution in [0.15, 0.2) is 6.20 Å². The summed E-state index contributed by atoms with van der Waals surface area (Å²) >= 11 is 0. The fraction of sp³-hybridized carbons (Fsp3) is 0.533. The largest absolute Gasteiger partial charge is 0.491 e. The molecule has 1 saturated carbocycles. The van der Waals surface area contributed by atoms with Crippen molar-refractivity contribution in [3.63, 3.8) is 0 Å². The number of rotatable bonds is 5. The summed E-state index contributed by atoms with van der Waals surface area (Å²) in [6.45, 7) is 4.62. The van der Waals surface area contributed by atoms with Gasteiger partial charge in [-0.05, 0) is 32.6 Å². The van der Waals surface area contributed by atoms with Gasteiger partial charge in [0.25, 0.3) is 0 Å².